The lowest BCUT2D eigenvalue weighted by Gasteiger charge is -2.23. The first kappa shape index (κ1) is 14.2. The second-order valence-electron chi connectivity index (χ2n) is 3.61. The van der Waals surface area contributed by atoms with Crippen molar-refractivity contribution in [3.05, 3.63) is 22.4 Å². The van der Waals surface area contributed by atoms with Crippen LogP contribution in [0.25, 0.3) is 0 Å². The van der Waals surface area contributed by atoms with Crippen LogP contribution in [0, 0.1) is 0 Å². The summed E-state index contributed by atoms with van der Waals surface area (Å²) in [5, 5.41) is 1.93. The Hall–Kier alpha value is -0.910. The van der Waals surface area contributed by atoms with Gasteiger partial charge in [0.25, 0.3) is 0 Å². The SMILES string of the molecule is CCOCCN(CC)C(=O)C(N)c1cccs1. The summed E-state index contributed by atoms with van der Waals surface area (Å²) in [7, 11) is 0. The van der Waals surface area contributed by atoms with Gasteiger partial charge in [-0.1, -0.05) is 6.07 Å². The summed E-state index contributed by atoms with van der Waals surface area (Å²) in [5.41, 5.74) is 5.94. The molecule has 1 rings (SSSR count). The van der Waals surface area contributed by atoms with Crippen LogP contribution in [0.2, 0.25) is 0 Å². The standard InChI is InChI=1S/C12H20N2O2S/c1-3-14(7-8-16-4-2)12(15)11(13)10-6-5-9-17-10/h5-6,9,11H,3-4,7-8,13H2,1-2H3. The van der Waals surface area contributed by atoms with Crippen molar-refractivity contribution in [3.8, 4) is 0 Å². The van der Waals surface area contributed by atoms with E-state index in [2.05, 4.69) is 0 Å². The minimum absolute atomic E-state index is 0.0327. The average molecular weight is 256 g/mol. The number of carbonyl (C=O) groups is 1. The van der Waals surface area contributed by atoms with E-state index in [1.54, 1.807) is 4.90 Å². The molecule has 0 spiro atoms. The maximum Gasteiger partial charge on any atom is 0.244 e. The lowest BCUT2D eigenvalue weighted by atomic mass is 10.2. The van der Waals surface area contributed by atoms with Gasteiger partial charge in [-0.25, -0.2) is 0 Å². The molecule has 0 aliphatic heterocycles. The van der Waals surface area contributed by atoms with Gasteiger partial charge in [0.2, 0.25) is 5.91 Å². The van der Waals surface area contributed by atoms with Gasteiger partial charge < -0.3 is 15.4 Å². The molecule has 1 aromatic heterocycles. The zero-order valence-corrected chi connectivity index (χ0v) is 11.2. The molecule has 1 amide bonds. The van der Waals surface area contributed by atoms with Gasteiger partial charge in [-0.05, 0) is 25.3 Å². The fourth-order valence-corrected chi connectivity index (χ4v) is 2.25. The number of carbonyl (C=O) groups excluding carboxylic acids is 1. The smallest absolute Gasteiger partial charge is 0.244 e. The monoisotopic (exact) mass is 256 g/mol. The molecular formula is C12H20N2O2S. The highest BCUT2D eigenvalue weighted by Crippen LogP contribution is 2.18. The Bertz CT molecular complexity index is 327. The molecule has 0 saturated heterocycles. The van der Waals surface area contributed by atoms with Crippen molar-refractivity contribution >= 4 is 17.2 Å². The number of hydrogen-bond donors (Lipinski definition) is 1. The van der Waals surface area contributed by atoms with Crippen molar-refractivity contribution in [3.63, 3.8) is 0 Å². The lowest BCUT2D eigenvalue weighted by Crippen LogP contribution is -2.40. The summed E-state index contributed by atoms with van der Waals surface area (Å²) in [6, 6.07) is 3.25. The summed E-state index contributed by atoms with van der Waals surface area (Å²) in [4.78, 5) is 14.8. The van der Waals surface area contributed by atoms with Gasteiger partial charge in [0.15, 0.2) is 0 Å². The minimum atomic E-state index is -0.545. The van der Waals surface area contributed by atoms with Crippen LogP contribution in [-0.4, -0.2) is 37.1 Å². The van der Waals surface area contributed by atoms with Crippen molar-refractivity contribution in [1.82, 2.24) is 4.90 Å². The van der Waals surface area contributed by atoms with Crippen molar-refractivity contribution < 1.29 is 9.53 Å². The van der Waals surface area contributed by atoms with E-state index < -0.39 is 6.04 Å². The fraction of sp³-hybridized carbons (Fsp3) is 0.583. The van der Waals surface area contributed by atoms with Gasteiger partial charge in [0.1, 0.15) is 6.04 Å². The Balaban J connectivity index is 2.53. The van der Waals surface area contributed by atoms with E-state index in [0.717, 1.165) is 4.88 Å². The van der Waals surface area contributed by atoms with Gasteiger partial charge in [0.05, 0.1) is 6.61 Å². The third-order valence-electron chi connectivity index (χ3n) is 2.52. The van der Waals surface area contributed by atoms with Crippen LogP contribution < -0.4 is 5.73 Å². The molecular weight excluding hydrogens is 236 g/mol. The molecule has 1 aromatic rings. The predicted octanol–water partition coefficient (Wildman–Crippen LogP) is 1.63. The van der Waals surface area contributed by atoms with E-state index in [4.69, 9.17) is 10.5 Å². The number of ether oxygens (including phenoxy) is 1. The van der Waals surface area contributed by atoms with Gasteiger partial charge in [0, 0.05) is 24.6 Å². The van der Waals surface area contributed by atoms with Crippen molar-refractivity contribution in [2.24, 2.45) is 5.73 Å². The minimum Gasteiger partial charge on any atom is -0.380 e. The Morgan fingerprint density at radius 3 is 2.88 bits per heavy atom. The second-order valence-corrected chi connectivity index (χ2v) is 4.59. The van der Waals surface area contributed by atoms with Crippen LogP contribution in [0.3, 0.4) is 0 Å². The van der Waals surface area contributed by atoms with E-state index in [-0.39, 0.29) is 5.91 Å². The maximum absolute atomic E-state index is 12.1. The molecule has 2 N–H and O–H groups in total. The van der Waals surface area contributed by atoms with Crippen LogP contribution in [-0.2, 0) is 9.53 Å². The summed E-state index contributed by atoms with van der Waals surface area (Å²) < 4.78 is 5.25. The predicted molar refractivity (Wildman–Crippen MR) is 70.0 cm³/mol. The third kappa shape index (κ3) is 4.11. The molecule has 0 saturated carbocycles. The molecule has 0 radical (unpaired) electrons. The normalized spacial score (nSPS) is 12.4. The molecule has 0 fully saturated rings. The number of likely N-dealkylation sites (N-methyl/N-ethyl adjacent to an activating group) is 1. The molecule has 1 atom stereocenters. The zero-order chi connectivity index (χ0) is 12.7. The van der Waals surface area contributed by atoms with Gasteiger partial charge in [-0.15, -0.1) is 11.3 Å². The van der Waals surface area contributed by atoms with Crippen molar-refractivity contribution in [1.29, 1.82) is 0 Å². The summed E-state index contributed by atoms with van der Waals surface area (Å²) in [5.74, 6) is -0.0327. The Labute approximate surface area is 106 Å². The van der Waals surface area contributed by atoms with E-state index in [0.29, 0.717) is 26.3 Å². The zero-order valence-electron chi connectivity index (χ0n) is 10.4. The fourth-order valence-electron chi connectivity index (χ4n) is 1.53. The highest BCUT2D eigenvalue weighted by atomic mass is 32.1. The first-order chi connectivity index (χ1) is 8.20. The number of nitrogens with two attached hydrogens (primary N) is 1. The average Bonchev–Trinajstić information content (AvgIpc) is 2.87. The Morgan fingerprint density at radius 2 is 2.35 bits per heavy atom. The molecule has 0 aliphatic rings. The molecule has 17 heavy (non-hydrogen) atoms. The maximum atomic E-state index is 12.1. The van der Waals surface area contributed by atoms with Crippen molar-refractivity contribution in [2.45, 2.75) is 19.9 Å². The van der Waals surface area contributed by atoms with Gasteiger partial charge >= 0.3 is 0 Å². The van der Waals surface area contributed by atoms with Crippen LogP contribution in [0.5, 0.6) is 0 Å². The first-order valence-corrected chi connectivity index (χ1v) is 6.74. The molecule has 4 nitrogen and oxygen atoms in total. The number of amides is 1. The van der Waals surface area contributed by atoms with E-state index in [1.165, 1.54) is 11.3 Å². The molecule has 0 aromatic carbocycles. The van der Waals surface area contributed by atoms with Crippen LogP contribution in [0.4, 0.5) is 0 Å². The highest BCUT2D eigenvalue weighted by molar-refractivity contribution is 7.10. The quantitative estimate of drug-likeness (QED) is 0.754. The number of thiophene rings is 1. The summed E-state index contributed by atoms with van der Waals surface area (Å²) >= 11 is 1.51. The Morgan fingerprint density at radius 1 is 1.59 bits per heavy atom. The number of hydrogen-bond acceptors (Lipinski definition) is 4. The Kier molecular flexibility index (Phi) is 6.18. The number of nitrogens with zero attached hydrogens (tertiary/aromatic N) is 1. The van der Waals surface area contributed by atoms with Crippen molar-refractivity contribution in [2.75, 3.05) is 26.3 Å². The van der Waals surface area contributed by atoms with E-state index in [1.807, 2.05) is 31.4 Å². The van der Waals surface area contributed by atoms with Gasteiger partial charge in [-0.3, -0.25) is 4.79 Å². The van der Waals surface area contributed by atoms with E-state index in [9.17, 15) is 4.79 Å². The third-order valence-corrected chi connectivity index (χ3v) is 3.47. The summed E-state index contributed by atoms with van der Waals surface area (Å²) in [6.07, 6.45) is 0. The van der Waals surface area contributed by atoms with Crippen LogP contribution in [0.15, 0.2) is 17.5 Å². The summed E-state index contributed by atoms with van der Waals surface area (Å²) in [6.45, 7) is 6.38. The molecule has 5 heteroatoms. The molecule has 0 aliphatic carbocycles. The molecule has 1 heterocycles. The number of rotatable bonds is 7. The van der Waals surface area contributed by atoms with Gasteiger partial charge in [-0.2, -0.15) is 0 Å². The second kappa shape index (κ2) is 7.42. The molecule has 1 unspecified atom stereocenters. The topological polar surface area (TPSA) is 55.6 Å². The molecule has 96 valence electrons. The first-order valence-electron chi connectivity index (χ1n) is 5.86. The van der Waals surface area contributed by atoms with E-state index >= 15 is 0 Å². The largest absolute Gasteiger partial charge is 0.380 e. The molecule has 0 bridgehead atoms. The highest BCUT2D eigenvalue weighted by Gasteiger charge is 2.21. The van der Waals surface area contributed by atoms with Crippen LogP contribution >= 0.6 is 11.3 Å². The van der Waals surface area contributed by atoms with Crippen LogP contribution in [0.1, 0.15) is 24.8 Å². The lowest BCUT2D eigenvalue weighted by molar-refractivity contribution is -0.133.